The van der Waals surface area contributed by atoms with Crippen molar-refractivity contribution in [2.45, 2.75) is 23.8 Å². The number of hydrogen-bond donors (Lipinski definition) is 1. The van der Waals surface area contributed by atoms with Gasteiger partial charge < -0.3 is 15.0 Å². The van der Waals surface area contributed by atoms with Crippen LogP contribution in [0.5, 0.6) is 5.75 Å². The summed E-state index contributed by atoms with van der Waals surface area (Å²) in [5.74, 6) is 1.52. The second-order valence-corrected chi connectivity index (χ2v) is 6.83. The number of nitrogens with one attached hydrogen (secondary N) is 1. The molecule has 1 N–H and O–H groups in total. The molecule has 3 heterocycles. The number of carbonyl (C=O) groups is 1. The molecular weight excluding hydrogens is 296 g/mol. The molecule has 3 saturated heterocycles. The highest BCUT2D eigenvalue weighted by Gasteiger charge is 2.34. The number of piperidine rings is 3. The summed E-state index contributed by atoms with van der Waals surface area (Å²) in [5, 5.41) is 5.00. The van der Waals surface area contributed by atoms with E-state index in [1.807, 2.05) is 29.7 Å². The van der Waals surface area contributed by atoms with Crippen LogP contribution < -0.4 is 10.1 Å². The van der Waals surface area contributed by atoms with Crippen LogP contribution in [0.25, 0.3) is 0 Å². The summed E-state index contributed by atoms with van der Waals surface area (Å²) < 4.78 is 5.13. The molecule has 3 aliphatic heterocycles. The van der Waals surface area contributed by atoms with Crippen molar-refractivity contribution in [3.8, 4) is 5.75 Å². The molecule has 1 aromatic rings. The van der Waals surface area contributed by atoms with Crippen molar-refractivity contribution >= 4 is 17.7 Å². The van der Waals surface area contributed by atoms with E-state index in [9.17, 15) is 4.79 Å². The zero-order valence-electron chi connectivity index (χ0n) is 12.8. The SMILES string of the molecule is COc1ccc(SC=CC(=O)NC2CN3CCC2CC3)cc1. The number of hydrogen-bond acceptors (Lipinski definition) is 4. The van der Waals surface area contributed by atoms with E-state index in [2.05, 4.69) is 10.2 Å². The number of rotatable bonds is 5. The van der Waals surface area contributed by atoms with Gasteiger partial charge in [-0.1, -0.05) is 11.8 Å². The number of ether oxygens (including phenoxy) is 1. The Balaban J connectivity index is 1.46. The van der Waals surface area contributed by atoms with Gasteiger partial charge in [0.2, 0.25) is 5.91 Å². The van der Waals surface area contributed by atoms with E-state index in [-0.39, 0.29) is 5.91 Å². The van der Waals surface area contributed by atoms with Gasteiger partial charge in [0.1, 0.15) is 5.75 Å². The lowest BCUT2D eigenvalue weighted by atomic mass is 9.84. The lowest BCUT2D eigenvalue weighted by Crippen LogP contribution is -2.57. The minimum atomic E-state index is 0.0137. The summed E-state index contributed by atoms with van der Waals surface area (Å²) in [6, 6.07) is 8.14. The number of nitrogens with zero attached hydrogens (tertiary/aromatic N) is 1. The summed E-state index contributed by atoms with van der Waals surface area (Å²) in [5.41, 5.74) is 0. The molecule has 3 aliphatic rings. The first-order valence-electron chi connectivity index (χ1n) is 7.75. The normalized spacial score (nSPS) is 27.0. The maximum absolute atomic E-state index is 12.0. The number of amides is 1. The Morgan fingerprint density at radius 1 is 1.32 bits per heavy atom. The van der Waals surface area contributed by atoms with Crippen LogP contribution in [-0.4, -0.2) is 43.6 Å². The van der Waals surface area contributed by atoms with Crippen LogP contribution >= 0.6 is 11.8 Å². The van der Waals surface area contributed by atoms with Gasteiger partial charge in [-0.2, -0.15) is 0 Å². The van der Waals surface area contributed by atoms with Crippen molar-refractivity contribution < 1.29 is 9.53 Å². The number of carbonyl (C=O) groups excluding carboxylic acids is 1. The minimum Gasteiger partial charge on any atom is -0.497 e. The molecule has 0 aliphatic carbocycles. The maximum atomic E-state index is 12.0. The van der Waals surface area contributed by atoms with Crippen LogP contribution in [0.2, 0.25) is 0 Å². The van der Waals surface area contributed by atoms with Gasteiger partial charge >= 0.3 is 0 Å². The van der Waals surface area contributed by atoms with E-state index in [1.165, 1.54) is 37.7 Å². The number of benzene rings is 1. The van der Waals surface area contributed by atoms with Gasteiger partial charge in [-0.15, -0.1) is 0 Å². The zero-order valence-corrected chi connectivity index (χ0v) is 13.6. The smallest absolute Gasteiger partial charge is 0.244 e. The minimum absolute atomic E-state index is 0.0137. The Morgan fingerprint density at radius 3 is 2.64 bits per heavy atom. The molecule has 1 atom stereocenters. The molecule has 22 heavy (non-hydrogen) atoms. The second-order valence-electron chi connectivity index (χ2n) is 5.85. The van der Waals surface area contributed by atoms with Crippen LogP contribution in [-0.2, 0) is 4.79 Å². The molecule has 0 aromatic heterocycles. The molecule has 4 nitrogen and oxygen atoms in total. The Hall–Kier alpha value is -1.46. The Kier molecular flexibility index (Phi) is 5.05. The average molecular weight is 318 g/mol. The van der Waals surface area contributed by atoms with Crippen molar-refractivity contribution in [1.29, 1.82) is 0 Å². The molecule has 0 spiro atoms. The van der Waals surface area contributed by atoms with E-state index < -0.39 is 0 Å². The van der Waals surface area contributed by atoms with E-state index >= 15 is 0 Å². The molecule has 0 radical (unpaired) electrons. The fraction of sp³-hybridized carbons (Fsp3) is 0.471. The quantitative estimate of drug-likeness (QED) is 0.669. The fourth-order valence-electron chi connectivity index (χ4n) is 3.19. The highest BCUT2D eigenvalue weighted by Crippen LogP contribution is 2.27. The Morgan fingerprint density at radius 2 is 2.05 bits per heavy atom. The second kappa shape index (κ2) is 7.20. The first-order chi connectivity index (χ1) is 10.7. The zero-order chi connectivity index (χ0) is 15.4. The average Bonchev–Trinajstić information content (AvgIpc) is 2.56. The first-order valence-corrected chi connectivity index (χ1v) is 8.62. The maximum Gasteiger partial charge on any atom is 0.244 e. The van der Waals surface area contributed by atoms with Crippen molar-refractivity contribution in [2.24, 2.45) is 5.92 Å². The largest absolute Gasteiger partial charge is 0.497 e. The topological polar surface area (TPSA) is 41.6 Å². The number of thioether (sulfide) groups is 1. The summed E-state index contributed by atoms with van der Waals surface area (Å²) in [4.78, 5) is 15.6. The molecule has 1 aromatic carbocycles. The first kappa shape index (κ1) is 15.4. The van der Waals surface area contributed by atoms with Gasteiger partial charge in [-0.3, -0.25) is 4.79 Å². The third-order valence-electron chi connectivity index (χ3n) is 4.47. The third-order valence-corrected chi connectivity index (χ3v) is 5.28. The molecule has 3 fully saturated rings. The summed E-state index contributed by atoms with van der Waals surface area (Å²) in [6.45, 7) is 3.40. The molecule has 5 heteroatoms. The van der Waals surface area contributed by atoms with Gasteiger partial charge in [0, 0.05) is 23.6 Å². The van der Waals surface area contributed by atoms with Crippen molar-refractivity contribution in [1.82, 2.24) is 10.2 Å². The van der Waals surface area contributed by atoms with Crippen LogP contribution in [0.3, 0.4) is 0 Å². The highest BCUT2D eigenvalue weighted by atomic mass is 32.2. The Labute approximate surface area is 135 Å². The van der Waals surface area contributed by atoms with Gasteiger partial charge in [0.25, 0.3) is 0 Å². The van der Waals surface area contributed by atoms with Crippen molar-refractivity contribution in [2.75, 3.05) is 26.7 Å². The van der Waals surface area contributed by atoms with Gasteiger partial charge in [-0.05, 0) is 61.5 Å². The van der Waals surface area contributed by atoms with Crippen LogP contribution in [0, 0.1) is 5.92 Å². The van der Waals surface area contributed by atoms with Gasteiger partial charge in [-0.25, -0.2) is 0 Å². The molecule has 118 valence electrons. The van der Waals surface area contributed by atoms with Crippen LogP contribution in [0.1, 0.15) is 12.8 Å². The van der Waals surface area contributed by atoms with Crippen LogP contribution in [0.4, 0.5) is 0 Å². The highest BCUT2D eigenvalue weighted by molar-refractivity contribution is 8.02. The predicted molar refractivity (Wildman–Crippen MR) is 89.1 cm³/mol. The van der Waals surface area contributed by atoms with E-state index in [0.29, 0.717) is 12.0 Å². The monoisotopic (exact) mass is 318 g/mol. The van der Waals surface area contributed by atoms with Crippen LogP contribution in [0.15, 0.2) is 40.6 Å². The molecule has 4 rings (SSSR count). The van der Waals surface area contributed by atoms with Crippen molar-refractivity contribution in [3.63, 3.8) is 0 Å². The van der Waals surface area contributed by atoms with Gasteiger partial charge in [0.05, 0.1) is 7.11 Å². The van der Waals surface area contributed by atoms with E-state index in [1.54, 1.807) is 13.2 Å². The molecule has 2 bridgehead atoms. The summed E-state index contributed by atoms with van der Waals surface area (Å²) >= 11 is 1.54. The number of fused-ring (bicyclic) bond motifs is 3. The predicted octanol–water partition coefficient (Wildman–Crippen LogP) is 2.51. The standard InChI is InChI=1S/C17H22N2O2S/c1-21-14-2-4-15(5-3-14)22-11-8-17(20)18-16-12-19-9-6-13(16)7-10-19/h2-5,8,11,13,16H,6-7,9-10,12H2,1H3,(H,18,20). The van der Waals surface area contributed by atoms with Gasteiger partial charge in [0.15, 0.2) is 0 Å². The lowest BCUT2D eigenvalue weighted by Gasteiger charge is -2.44. The summed E-state index contributed by atoms with van der Waals surface area (Å²) in [7, 11) is 1.65. The fourth-order valence-corrected chi connectivity index (χ4v) is 3.83. The third kappa shape index (κ3) is 3.84. The number of methoxy groups -OCH3 is 1. The van der Waals surface area contributed by atoms with E-state index in [0.717, 1.165) is 17.2 Å². The molecule has 1 amide bonds. The molecule has 0 saturated carbocycles. The lowest BCUT2D eigenvalue weighted by molar-refractivity contribution is -0.118. The van der Waals surface area contributed by atoms with Crippen molar-refractivity contribution in [3.05, 3.63) is 35.7 Å². The van der Waals surface area contributed by atoms with E-state index in [4.69, 9.17) is 4.74 Å². The molecule has 1 unspecified atom stereocenters. The Bertz CT molecular complexity index is 536. The summed E-state index contributed by atoms with van der Waals surface area (Å²) in [6.07, 6.45) is 4.07. The molecular formula is C17H22N2O2S.